The average Bonchev–Trinajstić information content (AvgIpc) is 2.66. The maximum atomic E-state index is 11.9. The molecule has 2 atom stereocenters. The highest BCUT2D eigenvalue weighted by molar-refractivity contribution is 5.89. The number of hydrogen-bond acceptors (Lipinski definition) is 3. The molecule has 1 rings (SSSR count). The molecule has 1 fully saturated rings. The molecule has 1 saturated heterocycles. The van der Waals surface area contributed by atoms with E-state index in [4.69, 9.17) is 5.11 Å². The van der Waals surface area contributed by atoms with E-state index in [1.165, 1.54) is 6.92 Å². The lowest BCUT2D eigenvalue weighted by molar-refractivity contribution is -0.141. The summed E-state index contributed by atoms with van der Waals surface area (Å²) in [5, 5.41) is 11.3. The van der Waals surface area contributed by atoms with Crippen LogP contribution in [0.5, 0.6) is 0 Å². The van der Waals surface area contributed by atoms with Gasteiger partial charge in [0.05, 0.1) is 11.8 Å². The Labute approximate surface area is 113 Å². The van der Waals surface area contributed by atoms with Gasteiger partial charge in [-0.25, -0.2) is 0 Å². The van der Waals surface area contributed by atoms with E-state index in [0.29, 0.717) is 19.0 Å². The van der Waals surface area contributed by atoms with Crippen LogP contribution in [-0.4, -0.2) is 47.4 Å². The van der Waals surface area contributed by atoms with Gasteiger partial charge < -0.3 is 15.3 Å². The van der Waals surface area contributed by atoms with Gasteiger partial charge in [-0.15, -0.1) is 0 Å². The lowest BCUT2D eigenvalue weighted by Crippen LogP contribution is -2.37. The van der Waals surface area contributed by atoms with Crippen LogP contribution < -0.4 is 5.32 Å². The van der Waals surface area contributed by atoms with Crippen LogP contribution in [0.3, 0.4) is 0 Å². The molecule has 0 bridgehead atoms. The van der Waals surface area contributed by atoms with Crippen molar-refractivity contribution >= 4 is 17.8 Å². The summed E-state index contributed by atoms with van der Waals surface area (Å²) in [6, 6.07) is 0. The van der Waals surface area contributed by atoms with Crippen molar-refractivity contribution in [3.05, 3.63) is 0 Å². The number of carbonyl (C=O) groups excluding carboxylic acids is 2. The van der Waals surface area contributed by atoms with Crippen LogP contribution in [0.25, 0.3) is 0 Å². The Kier molecular flexibility index (Phi) is 5.32. The third-order valence-electron chi connectivity index (χ3n) is 3.17. The average molecular weight is 270 g/mol. The zero-order valence-electron chi connectivity index (χ0n) is 11.7. The molecule has 0 spiro atoms. The van der Waals surface area contributed by atoms with Crippen molar-refractivity contribution in [3.63, 3.8) is 0 Å². The largest absolute Gasteiger partial charge is 0.481 e. The Morgan fingerprint density at radius 3 is 2.58 bits per heavy atom. The van der Waals surface area contributed by atoms with Crippen LogP contribution in [0, 0.1) is 17.8 Å². The second kappa shape index (κ2) is 6.54. The van der Waals surface area contributed by atoms with Gasteiger partial charge in [-0.05, 0) is 5.92 Å². The summed E-state index contributed by atoms with van der Waals surface area (Å²) < 4.78 is 0. The Balaban J connectivity index is 2.43. The highest BCUT2D eigenvalue weighted by Gasteiger charge is 2.34. The van der Waals surface area contributed by atoms with Crippen molar-refractivity contribution in [2.75, 3.05) is 19.6 Å². The molecule has 1 aliphatic rings. The maximum Gasteiger partial charge on any atom is 0.308 e. The highest BCUT2D eigenvalue weighted by Crippen LogP contribution is 2.19. The van der Waals surface area contributed by atoms with Gasteiger partial charge in [0.2, 0.25) is 11.8 Å². The lowest BCUT2D eigenvalue weighted by Gasteiger charge is -2.18. The number of carboxylic acids is 1. The summed E-state index contributed by atoms with van der Waals surface area (Å²) >= 11 is 0. The predicted octanol–water partition coefficient (Wildman–Crippen LogP) is 0.328. The number of carbonyl (C=O) groups is 3. The smallest absolute Gasteiger partial charge is 0.308 e. The van der Waals surface area contributed by atoms with Gasteiger partial charge in [0, 0.05) is 26.1 Å². The molecule has 19 heavy (non-hydrogen) atoms. The second-order valence-electron chi connectivity index (χ2n) is 5.58. The first-order chi connectivity index (χ1) is 8.81. The number of rotatable bonds is 6. The summed E-state index contributed by atoms with van der Waals surface area (Å²) in [7, 11) is 0. The zero-order valence-corrected chi connectivity index (χ0v) is 11.7. The van der Waals surface area contributed by atoms with Gasteiger partial charge in [-0.3, -0.25) is 14.4 Å². The number of likely N-dealkylation sites (tertiary alicyclic amines) is 1. The van der Waals surface area contributed by atoms with Gasteiger partial charge in [-0.1, -0.05) is 20.8 Å². The minimum absolute atomic E-state index is 0.000123. The Bertz CT molecular complexity index is 368. The van der Waals surface area contributed by atoms with Crippen LogP contribution in [0.4, 0.5) is 0 Å². The number of nitrogens with zero attached hydrogens (tertiary/aromatic N) is 1. The van der Waals surface area contributed by atoms with Gasteiger partial charge >= 0.3 is 5.97 Å². The first-order valence-corrected chi connectivity index (χ1v) is 6.59. The number of carboxylic acid groups (broad SMARTS) is 1. The quantitative estimate of drug-likeness (QED) is 0.728. The van der Waals surface area contributed by atoms with Gasteiger partial charge in [0.25, 0.3) is 0 Å². The molecule has 0 aliphatic carbocycles. The number of amides is 2. The minimum atomic E-state index is -0.941. The summed E-state index contributed by atoms with van der Waals surface area (Å²) in [4.78, 5) is 35.9. The van der Waals surface area contributed by atoms with E-state index in [9.17, 15) is 14.4 Å². The lowest BCUT2D eigenvalue weighted by atomic mass is 10.1. The molecule has 2 N–H and O–H groups in total. The Hall–Kier alpha value is -1.59. The normalized spacial score (nSPS) is 20.7. The standard InChI is InChI=1S/C13H22N2O4/c1-8(2)6-15-7-10(4-11(15)16)12(17)14-5-9(3)13(18)19/h8-10H,4-7H2,1-3H3,(H,14,17)(H,18,19). The van der Waals surface area contributed by atoms with Gasteiger partial charge in [0.1, 0.15) is 0 Å². The molecule has 0 aromatic carbocycles. The maximum absolute atomic E-state index is 11.9. The first kappa shape index (κ1) is 15.5. The summed E-state index contributed by atoms with van der Waals surface area (Å²) in [6.07, 6.45) is 0.222. The molecule has 0 saturated carbocycles. The second-order valence-corrected chi connectivity index (χ2v) is 5.58. The third-order valence-corrected chi connectivity index (χ3v) is 3.17. The highest BCUT2D eigenvalue weighted by atomic mass is 16.4. The zero-order chi connectivity index (χ0) is 14.6. The van der Waals surface area contributed by atoms with E-state index in [0.717, 1.165) is 0 Å². The van der Waals surface area contributed by atoms with Crippen molar-refractivity contribution in [2.24, 2.45) is 17.8 Å². The minimum Gasteiger partial charge on any atom is -0.481 e. The van der Waals surface area contributed by atoms with Crippen molar-refractivity contribution < 1.29 is 19.5 Å². The fourth-order valence-corrected chi connectivity index (χ4v) is 2.05. The Morgan fingerprint density at radius 2 is 2.05 bits per heavy atom. The molecular weight excluding hydrogens is 248 g/mol. The molecule has 108 valence electrons. The van der Waals surface area contributed by atoms with E-state index in [1.807, 2.05) is 13.8 Å². The number of hydrogen-bond donors (Lipinski definition) is 2. The van der Waals surface area contributed by atoms with Crippen LogP contribution in [-0.2, 0) is 14.4 Å². The van der Waals surface area contributed by atoms with Crippen LogP contribution >= 0.6 is 0 Å². The van der Waals surface area contributed by atoms with Crippen LogP contribution in [0.2, 0.25) is 0 Å². The van der Waals surface area contributed by atoms with E-state index in [-0.39, 0.29) is 30.7 Å². The summed E-state index contributed by atoms with van der Waals surface area (Å²) in [6.45, 7) is 6.78. The van der Waals surface area contributed by atoms with Crippen molar-refractivity contribution in [1.29, 1.82) is 0 Å². The number of aliphatic carboxylic acids is 1. The monoisotopic (exact) mass is 270 g/mol. The van der Waals surface area contributed by atoms with Crippen molar-refractivity contribution in [1.82, 2.24) is 10.2 Å². The molecule has 2 amide bonds. The van der Waals surface area contributed by atoms with Crippen molar-refractivity contribution in [2.45, 2.75) is 27.2 Å². The molecule has 0 aromatic heterocycles. The molecule has 0 radical (unpaired) electrons. The predicted molar refractivity (Wildman–Crippen MR) is 69.3 cm³/mol. The number of nitrogens with one attached hydrogen (secondary N) is 1. The van der Waals surface area contributed by atoms with E-state index >= 15 is 0 Å². The first-order valence-electron chi connectivity index (χ1n) is 6.59. The molecule has 1 heterocycles. The van der Waals surface area contributed by atoms with Crippen LogP contribution in [0.1, 0.15) is 27.2 Å². The van der Waals surface area contributed by atoms with Crippen LogP contribution in [0.15, 0.2) is 0 Å². The van der Waals surface area contributed by atoms with E-state index < -0.39 is 11.9 Å². The fourth-order valence-electron chi connectivity index (χ4n) is 2.05. The third kappa shape index (κ3) is 4.54. The Morgan fingerprint density at radius 1 is 1.42 bits per heavy atom. The van der Waals surface area contributed by atoms with Crippen molar-refractivity contribution in [3.8, 4) is 0 Å². The molecular formula is C13H22N2O4. The van der Waals surface area contributed by atoms with Gasteiger partial charge in [0.15, 0.2) is 0 Å². The SMILES string of the molecule is CC(C)CN1CC(C(=O)NCC(C)C(=O)O)CC1=O. The van der Waals surface area contributed by atoms with Gasteiger partial charge in [-0.2, -0.15) is 0 Å². The fraction of sp³-hybridized carbons (Fsp3) is 0.769. The summed E-state index contributed by atoms with van der Waals surface area (Å²) in [5.74, 6) is -1.77. The molecule has 2 unspecified atom stereocenters. The summed E-state index contributed by atoms with van der Waals surface area (Å²) in [5.41, 5.74) is 0. The molecule has 6 heteroatoms. The molecule has 1 aliphatic heterocycles. The molecule has 0 aromatic rings. The van der Waals surface area contributed by atoms with E-state index in [1.54, 1.807) is 4.90 Å². The van der Waals surface area contributed by atoms with E-state index in [2.05, 4.69) is 5.32 Å². The molecule has 6 nitrogen and oxygen atoms in total. The topological polar surface area (TPSA) is 86.7 Å².